The van der Waals surface area contributed by atoms with Gasteiger partial charge in [0, 0.05) is 18.7 Å². The van der Waals surface area contributed by atoms with Crippen molar-refractivity contribution in [3.05, 3.63) is 18.0 Å². The number of likely N-dealkylation sites (N-methyl/N-ethyl adjacent to an activating group) is 1. The maximum absolute atomic E-state index is 4.99. The lowest BCUT2D eigenvalue weighted by Gasteiger charge is -2.10. The van der Waals surface area contributed by atoms with E-state index in [-0.39, 0.29) is 0 Å². The summed E-state index contributed by atoms with van der Waals surface area (Å²) in [6.45, 7) is 3.11. The average Bonchev–Trinajstić information content (AvgIpc) is 2.71. The van der Waals surface area contributed by atoms with Crippen molar-refractivity contribution in [3.63, 3.8) is 0 Å². The molecule has 1 fully saturated rings. The molecule has 1 aromatic rings. The summed E-state index contributed by atoms with van der Waals surface area (Å²) in [4.78, 5) is 2.33. The van der Waals surface area contributed by atoms with Gasteiger partial charge in [-0.2, -0.15) is 0 Å². The first kappa shape index (κ1) is 8.72. The van der Waals surface area contributed by atoms with E-state index in [1.54, 1.807) is 6.20 Å². The summed E-state index contributed by atoms with van der Waals surface area (Å²) < 4.78 is 4.99. The Morgan fingerprint density at radius 3 is 3.31 bits per heavy atom. The van der Waals surface area contributed by atoms with E-state index in [0.717, 1.165) is 18.8 Å². The van der Waals surface area contributed by atoms with Gasteiger partial charge in [-0.25, -0.2) is 0 Å². The molecular formula is C9H15N3O. The third-order valence-electron chi connectivity index (χ3n) is 2.45. The molecule has 1 aliphatic rings. The molecule has 2 heterocycles. The second-order valence-electron chi connectivity index (χ2n) is 3.61. The van der Waals surface area contributed by atoms with Crippen LogP contribution < -0.4 is 5.32 Å². The molecule has 0 spiro atoms. The predicted molar refractivity (Wildman–Crippen MR) is 49.2 cm³/mol. The van der Waals surface area contributed by atoms with E-state index in [4.69, 9.17) is 4.52 Å². The van der Waals surface area contributed by atoms with Crippen LogP contribution in [0.15, 0.2) is 16.8 Å². The van der Waals surface area contributed by atoms with E-state index in [1.165, 1.54) is 13.0 Å². The van der Waals surface area contributed by atoms with Gasteiger partial charge in [-0.15, -0.1) is 0 Å². The molecule has 1 aliphatic heterocycles. The third kappa shape index (κ3) is 2.29. The molecule has 0 bridgehead atoms. The maximum Gasteiger partial charge on any atom is 0.150 e. The minimum Gasteiger partial charge on any atom is -0.360 e. The van der Waals surface area contributed by atoms with Crippen LogP contribution >= 0.6 is 0 Å². The van der Waals surface area contributed by atoms with Gasteiger partial charge >= 0.3 is 0 Å². The van der Waals surface area contributed by atoms with Gasteiger partial charge in [0.15, 0.2) is 0 Å². The Bertz CT molecular complexity index is 247. The van der Waals surface area contributed by atoms with Crippen molar-refractivity contribution in [1.82, 2.24) is 15.4 Å². The van der Waals surface area contributed by atoms with Gasteiger partial charge in [-0.1, -0.05) is 5.16 Å². The Hall–Kier alpha value is -0.870. The van der Waals surface area contributed by atoms with E-state index >= 15 is 0 Å². The van der Waals surface area contributed by atoms with Gasteiger partial charge in [0.1, 0.15) is 5.76 Å². The van der Waals surface area contributed by atoms with Crippen molar-refractivity contribution in [1.29, 1.82) is 0 Å². The van der Waals surface area contributed by atoms with Crippen LogP contribution in [-0.4, -0.2) is 36.2 Å². The predicted octanol–water partition coefficient (Wildman–Crippen LogP) is 0.468. The summed E-state index contributed by atoms with van der Waals surface area (Å²) in [5.41, 5.74) is 0. The molecule has 0 radical (unpaired) electrons. The zero-order valence-electron chi connectivity index (χ0n) is 7.86. The van der Waals surface area contributed by atoms with Crippen LogP contribution in [0.5, 0.6) is 0 Å². The fraction of sp³-hybridized carbons (Fsp3) is 0.667. The number of likely N-dealkylation sites (tertiary alicyclic amines) is 1. The Morgan fingerprint density at radius 2 is 2.69 bits per heavy atom. The van der Waals surface area contributed by atoms with Gasteiger partial charge in [0.2, 0.25) is 0 Å². The fourth-order valence-corrected chi connectivity index (χ4v) is 1.68. The molecule has 2 rings (SSSR count). The van der Waals surface area contributed by atoms with Gasteiger partial charge in [-0.05, 0) is 20.0 Å². The molecule has 1 unspecified atom stereocenters. The lowest BCUT2D eigenvalue weighted by atomic mass is 10.2. The molecule has 1 N–H and O–H groups in total. The zero-order valence-corrected chi connectivity index (χ0v) is 7.86. The molecule has 0 amide bonds. The summed E-state index contributed by atoms with van der Waals surface area (Å²) in [5, 5.41) is 7.10. The Balaban J connectivity index is 1.74. The van der Waals surface area contributed by atoms with Gasteiger partial charge < -0.3 is 14.7 Å². The van der Waals surface area contributed by atoms with Crippen LogP contribution in [0.2, 0.25) is 0 Å². The number of hydrogen-bond acceptors (Lipinski definition) is 4. The van der Waals surface area contributed by atoms with Crippen molar-refractivity contribution < 1.29 is 4.52 Å². The average molecular weight is 181 g/mol. The van der Waals surface area contributed by atoms with Crippen molar-refractivity contribution in [2.45, 2.75) is 19.0 Å². The van der Waals surface area contributed by atoms with Crippen molar-refractivity contribution in [3.8, 4) is 0 Å². The monoisotopic (exact) mass is 181 g/mol. The normalized spacial score (nSPS) is 23.9. The minimum absolute atomic E-state index is 0.607. The smallest absolute Gasteiger partial charge is 0.150 e. The van der Waals surface area contributed by atoms with Gasteiger partial charge in [-0.3, -0.25) is 0 Å². The fourth-order valence-electron chi connectivity index (χ4n) is 1.68. The number of hydrogen-bond donors (Lipinski definition) is 1. The number of rotatable bonds is 3. The lowest BCUT2D eigenvalue weighted by molar-refractivity contribution is 0.356. The van der Waals surface area contributed by atoms with Crippen molar-refractivity contribution in [2.75, 3.05) is 20.1 Å². The molecule has 4 heteroatoms. The van der Waals surface area contributed by atoms with Crippen molar-refractivity contribution in [2.24, 2.45) is 0 Å². The summed E-state index contributed by atoms with van der Waals surface area (Å²) >= 11 is 0. The number of nitrogens with zero attached hydrogens (tertiary/aromatic N) is 2. The quantitative estimate of drug-likeness (QED) is 0.736. The van der Waals surface area contributed by atoms with Gasteiger partial charge in [0.25, 0.3) is 0 Å². The Labute approximate surface area is 77.9 Å². The highest BCUT2D eigenvalue weighted by molar-refractivity contribution is 4.93. The van der Waals surface area contributed by atoms with E-state index in [9.17, 15) is 0 Å². The summed E-state index contributed by atoms with van der Waals surface area (Å²) in [6, 6.07) is 2.50. The van der Waals surface area contributed by atoms with E-state index in [2.05, 4.69) is 22.4 Å². The summed E-state index contributed by atoms with van der Waals surface area (Å²) in [6.07, 6.45) is 2.91. The second-order valence-corrected chi connectivity index (χ2v) is 3.61. The molecule has 1 saturated heterocycles. The van der Waals surface area contributed by atoms with Crippen LogP contribution in [0.4, 0.5) is 0 Å². The van der Waals surface area contributed by atoms with E-state index in [0.29, 0.717) is 6.04 Å². The highest BCUT2D eigenvalue weighted by Gasteiger charge is 2.18. The Kier molecular flexibility index (Phi) is 2.61. The molecule has 0 aromatic carbocycles. The van der Waals surface area contributed by atoms with Crippen LogP contribution in [0, 0.1) is 0 Å². The van der Waals surface area contributed by atoms with E-state index in [1.807, 2.05) is 6.07 Å². The van der Waals surface area contributed by atoms with Crippen molar-refractivity contribution >= 4 is 0 Å². The first-order valence-electron chi connectivity index (χ1n) is 4.66. The lowest BCUT2D eigenvalue weighted by Crippen LogP contribution is -2.30. The molecular weight excluding hydrogens is 166 g/mol. The zero-order chi connectivity index (χ0) is 9.10. The maximum atomic E-state index is 4.99. The molecule has 0 saturated carbocycles. The molecule has 1 aromatic heterocycles. The number of aromatic nitrogens is 1. The molecule has 4 nitrogen and oxygen atoms in total. The highest BCUT2D eigenvalue weighted by atomic mass is 16.5. The summed E-state index contributed by atoms with van der Waals surface area (Å²) in [7, 11) is 2.15. The van der Waals surface area contributed by atoms with Gasteiger partial charge in [0.05, 0.1) is 12.7 Å². The minimum atomic E-state index is 0.607. The molecule has 72 valence electrons. The standard InChI is InChI=1S/C9H15N3O/c1-12-5-3-8(7-12)10-6-9-2-4-11-13-9/h2,4,8,10H,3,5-7H2,1H3. The molecule has 13 heavy (non-hydrogen) atoms. The van der Waals surface area contributed by atoms with Crippen LogP contribution in [0.3, 0.4) is 0 Å². The van der Waals surface area contributed by atoms with Crippen LogP contribution in [-0.2, 0) is 6.54 Å². The van der Waals surface area contributed by atoms with Crippen LogP contribution in [0.25, 0.3) is 0 Å². The third-order valence-corrected chi connectivity index (χ3v) is 2.45. The molecule has 1 atom stereocenters. The second kappa shape index (κ2) is 3.89. The SMILES string of the molecule is CN1CCC(NCc2ccno2)C1. The largest absolute Gasteiger partial charge is 0.360 e. The topological polar surface area (TPSA) is 41.3 Å². The highest BCUT2D eigenvalue weighted by Crippen LogP contribution is 2.07. The molecule has 0 aliphatic carbocycles. The number of nitrogens with one attached hydrogen (secondary N) is 1. The first-order valence-corrected chi connectivity index (χ1v) is 4.66. The van der Waals surface area contributed by atoms with E-state index < -0.39 is 0 Å². The Morgan fingerprint density at radius 1 is 1.77 bits per heavy atom. The summed E-state index contributed by atoms with van der Waals surface area (Å²) in [5.74, 6) is 0.912. The first-order chi connectivity index (χ1) is 6.34. The van der Waals surface area contributed by atoms with Crippen LogP contribution in [0.1, 0.15) is 12.2 Å².